The highest BCUT2D eigenvalue weighted by Gasteiger charge is 2.21. The summed E-state index contributed by atoms with van der Waals surface area (Å²) < 4.78 is 32.6. The Morgan fingerprint density at radius 3 is 2.78 bits per heavy atom. The van der Waals surface area contributed by atoms with Crippen molar-refractivity contribution in [1.29, 1.82) is 0 Å². The largest absolute Gasteiger partial charge is 0.495 e. The zero-order valence-corrected chi connectivity index (χ0v) is 16.2. The van der Waals surface area contributed by atoms with E-state index in [0.717, 1.165) is 12.8 Å². The van der Waals surface area contributed by atoms with Crippen LogP contribution in [0.4, 0.5) is 5.69 Å². The van der Waals surface area contributed by atoms with Gasteiger partial charge in [-0.2, -0.15) is 8.42 Å². The average Bonchev–Trinajstić information content (AvgIpc) is 3.31. The molecule has 0 amide bonds. The highest BCUT2D eigenvalue weighted by molar-refractivity contribution is 7.92. The number of aromatic nitrogens is 1. The normalized spacial score (nSPS) is 14.4. The SMILES string of the molecule is COc1cc(C(=O)O)ccc1NS(=O)(=O)c1csc(C#CC2CCCC2)n1. The van der Waals surface area contributed by atoms with Crippen molar-refractivity contribution in [2.75, 3.05) is 11.8 Å². The van der Waals surface area contributed by atoms with Crippen molar-refractivity contribution in [3.63, 3.8) is 0 Å². The lowest BCUT2D eigenvalue weighted by Crippen LogP contribution is -2.14. The van der Waals surface area contributed by atoms with E-state index in [0.29, 0.717) is 10.9 Å². The third-order valence-corrected chi connectivity index (χ3v) is 6.34. The van der Waals surface area contributed by atoms with Gasteiger partial charge in [0, 0.05) is 11.3 Å². The number of hydrogen-bond donors (Lipinski definition) is 2. The van der Waals surface area contributed by atoms with Crippen LogP contribution in [-0.4, -0.2) is 31.6 Å². The lowest BCUT2D eigenvalue weighted by molar-refractivity contribution is 0.0696. The molecule has 7 nitrogen and oxygen atoms in total. The van der Waals surface area contributed by atoms with Crippen LogP contribution in [0, 0.1) is 17.8 Å². The number of benzene rings is 1. The lowest BCUT2D eigenvalue weighted by atomic mass is 10.1. The van der Waals surface area contributed by atoms with Crippen molar-refractivity contribution >= 4 is 33.0 Å². The molecule has 9 heteroatoms. The number of methoxy groups -OCH3 is 1. The van der Waals surface area contributed by atoms with E-state index in [-0.39, 0.29) is 22.0 Å². The molecule has 0 radical (unpaired) electrons. The van der Waals surface area contributed by atoms with Crippen LogP contribution in [0.5, 0.6) is 5.75 Å². The smallest absolute Gasteiger partial charge is 0.335 e. The molecule has 2 N–H and O–H groups in total. The van der Waals surface area contributed by atoms with Gasteiger partial charge in [0.25, 0.3) is 10.0 Å². The molecular weight excluding hydrogens is 388 g/mol. The van der Waals surface area contributed by atoms with Crippen molar-refractivity contribution in [1.82, 2.24) is 4.98 Å². The van der Waals surface area contributed by atoms with E-state index in [9.17, 15) is 13.2 Å². The van der Waals surface area contributed by atoms with Crippen molar-refractivity contribution in [3.05, 3.63) is 34.2 Å². The number of aromatic carboxylic acids is 1. The first-order chi connectivity index (χ1) is 12.9. The lowest BCUT2D eigenvalue weighted by Gasteiger charge is -2.11. The Hall–Kier alpha value is -2.57. The van der Waals surface area contributed by atoms with Gasteiger partial charge in [0.2, 0.25) is 0 Å². The quantitative estimate of drug-likeness (QED) is 0.739. The minimum absolute atomic E-state index is 0.00655. The minimum Gasteiger partial charge on any atom is -0.495 e. The molecule has 0 unspecified atom stereocenters. The summed E-state index contributed by atoms with van der Waals surface area (Å²) in [7, 11) is -2.61. The maximum atomic E-state index is 12.6. The van der Waals surface area contributed by atoms with E-state index in [2.05, 4.69) is 21.5 Å². The summed E-state index contributed by atoms with van der Waals surface area (Å²) in [6.45, 7) is 0. The molecule has 0 saturated heterocycles. The van der Waals surface area contributed by atoms with Crippen LogP contribution >= 0.6 is 11.3 Å². The van der Waals surface area contributed by atoms with Crippen molar-refractivity contribution in [3.8, 4) is 17.6 Å². The summed E-state index contributed by atoms with van der Waals surface area (Å²) in [6, 6.07) is 3.88. The van der Waals surface area contributed by atoms with Gasteiger partial charge in [-0.15, -0.1) is 11.3 Å². The number of anilines is 1. The Morgan fingerprint density at radius 1 is 1.37 bits per heavy atom. The molecular formula is C18H18N2O5S2. The topological polar surface area (TPSA) is 106 Å². The number of hydrogen-bond acceptors (Lipinski definition) is 6. The van der Waals surface area contributed by atoms with E-state index >= 15 is 0 Å². The second kappa shape index (κ2) is 7.98. The van der Waals surface area contributed by atoms with Crippen LogP contribution < -0.4 is 9.46 Å². The summed E-state index contributed by atoms with van der Waals surface area (Å²) >= 11 is 1.17. The summed E-state index contributed by atoms with van der Waals surface area (Å²) in [5, 5.41) is 10.8. The third-order valence-electron chi connectivity index (χ3n) is 4.19. The van der Waals surface area contributed by atoms with Crippen LogP contribution in [0.15, 0.2) is 28.6 Å². The first-order valence-electron chi connectivity index (χ1n) is 8.30. The molecule has 1 fully saturated rings. The van der Waals surface area contributed by atoms with Crippen LogP contribution in [0.3, 0.4) is 0 Å². The molecule has 1 aliphatic rings. The van der Waals surface area contributed by atoms with Gasteiger partial charge in [-0.25, -0.2) is 9.78 Å². The van der Waals surface area contributed by atoms with E-state index < -0.39 is 16.0 Å². The molecule has 1 aliphatic carbocycles. The van der Waals surface area contributed by atoms with Crippen LogP contribution in [-0.2, 0) is 10.0 Å². The maximum Gasteiger partial charge on any atom is 0.335 e. The fourth-order valence-corrected chi connectivity index (χ4v) is 4.80. The number of ether oxygens (including phenoxy) is 1. The summed E-state index contributed by atoms with van der Waals surface area (Å²) in [4.78, 5) is 15.1. The molecule has 0 spiro atoms. The molecule has 0 bridgehead atoms. The second-order valence-corrected chi connectivity index (χ2v) is 8.55. The van der Waals surface area contributed by atoms with Gasteiger partial charge in [0.1, 0.15) is 5.75 Å². The van der Waals surface area contributed by atoms with Gasteiger partial charge in [-0.05, 0) is 37.0 Å². The Balaban J connectivity index is 1.80. The van der Waals surface area contributed by atoms with Gasteiger partial charge in [0.15, 0.2) is 10.0 Å². The van der Waals surface area contributed by atoms with E-state index in [1.54, 1.807) is 0 Å². The molecule has 27 heavy (non-hydrogen) atoms. The highest BCUT2D eigenvalue weighted by atomic mass is 32.2. The number of rotatable bonds is 5. The van der Waals surface area contributed by atoms with E-state index in [1.165, 1.54) is 54.9 Å². The van der Waals surface area contributed by atoms with Crippen molar-refractivity contribution < 1.29 is 23.1 Å². The standard InChI is InChI=1S/C18H18N2O5S2/c1-25-15-10-13(18(21)22)7-8-14(15)20-27(23,24)17-11-26-16(19-17)9-6-12-4-2-3-5-12/h7-8,10-12,20H,2-5H2,1H3,(H,21,22). The Bertz CT molecular complexity index is 1010. The van der Waals surface area contributed by atoms with Crippen LogP contribution in [0.1, 0.15) is 41.0 Å². The molecule has 0 aliphatic heterocycles. The fourth-order valence-electron chi connectivity index (χ4n) is 2.78. The number of nitrogens with zero attached hydrogens (tertiary/aromatic N) is 1. The zero-order valence-electron chi connectivity index (χ0n) is 14.6. The van der Waals surface area contributed by atoms with Gasteiger partial charge in [-0.3, -0.25) is 4.72 Å². The highest BCUT2D eigenvalue weighted by Crippen LogP contribution is 2.28. The molecule has 142 valence electrons. The Morgan fingerprint density at radius 2 is 2.11 bits per heavy atom. The molecule has 1 heterocycles. The Labute approximate surface area is 161 Å². The third kappa shape index (κ3) is 4.59. The summed E-state index contributed by atoms with van der Waals surface area (Å²) in [5.41, 5.74) is 0.127. The van der Waals surface area contributed by atoms with Gasteiger partial charge in [0.05, 0.1) is 18.4 Å². The number of carboxylic acid groups (broad SMARTS) is 1. The summed E-state index contributed by atoms with van der Waals surface area (Å²) in [5.74, 6) is 5.45. The zero-order chi connectivity index (χ0) is 19.4. The molecule has 1 aromatic heterocycles. The first-order valence-corrected chi connectivity index (χ1v) is 10.7. The van der Waals surface area contributed by atoms with Crippen LogP contribution in [0.2, 0.25) is 0 Å². The van der Waals surface area contributed by atoms with Gasteiger partial charge >= 0.3 is 5.97 Å². The summed E-state index contributed by atoms with van der Waals surface area (Å²) in [6.07, 6.45) is 4.53. The van der Waals surface area contributed by atoms with E-state index in [4.69, 9.17) is 9.84 Å². The molecule has 0 atom stereocenters. The number of sulfonamides is 1. The van der Waals surface area contributed by atoms with Crippen LogP contribution in [0.25, 0.3) is 0 Å². The number of carboxylic acids is 1. The molecule has 1 aromatic carbocycles. The predicted octanol–water partition coefficient (Wildman–Crippen LogP) is 3.19. The maximum absolute atomic E-state index is 12.6. The molecule has 1 saturated carbocycles. The number of carbonyl (C=O) groups is 1. The van der Waals surface area contributed by atoms with Crippen molar-refractivity contribution in [2.24, 2.45) is 5.92 Å². The second-order valence-electron chi connectivity index (χ2n) is 6.07. The van der Waals surface area contributed by atoms with Crippen molar-refractivity contribution in [2.45, 2.75) is 30.7 Å². The monoisotopic (exact) mass is 406 g/mol. The Kier molecular flexibility index (Phi) is 5.68. The number of nitrogens with one attached hydrogen (secondary N) is 1. The minimum atomic E-state index is -3.94. The predicted molar refractivity (Wildman–Crippen MR) is 102 cm³/mol. The fraction of sp³-hybridized carbons (Fsp3) is 0.333. The molecule has 2 aromatic rings. The average molecular weight is 406 g/mol. The van der Waals surface area contributed by atoms with Gasteiger partial charge < -0.3 is 9.84 Å². The van der Waals surface area contributed by atoms with Gasteiger partial charge in [-0.1, -0.05) is 18.8 Å². The number of thiazole rings is 1. The molecule has 3 rings (SSSR count). The first kappa shape index (κ1) is 19.2. The van der Waals surface area contributed by atoms with E-state index in [1.807, 2.05) is 0 Å².